The van der Waals surface area contributed by atoms with E-state index in [2.05, 4.69) is 38.2 Å². The number of rotatable bonds is 9. The minimum absolute atomic E-state index is 0.118. The highest BCUT2D eigenvalue weighted by atomic mass is 16.5. The Hall–Kier alpha value is -1.10. The Morgan fingerprint density at radius 3 is 2.43 bits per heavy atom. The normalized spacial score (nSPS) is 14.2. The van der Waals surface area contributed by atoms with Gasteiger partial charge in [-0.15, -0.1) is 0 Å². The summed E-state index contributed by atoms with van der Waals surface area (Å²) in [5.41, 5.74) is 2.21. The fourth-order valence-corrected chi connectivity index (χ4v) is 2.55. The van der Waals surface area contributed by atoms with Crippen LogP contribution in [-0.2, 0) is 11.3 Å². The number of aliphatic hydroxyl groups is 1. The van der Waals surface area contributed by atoms with Crippen molar-refractivity contribution in [2.45, 2.75) is 45.9 Å². The molecule has 0 aliphatic heterocycles. The van der Waals surface area contributed by atoms with Crippen molar-refractivity contribution in [2.24, 2.45) is 5.92 Å². The maximum absolute atomic E-state index is 9.49. The van der Waals surface area contributed by atoms with Crippen LogP contribution >= 0.6 is 0 Å². The summed E-state index contributed by atoms with van der Waals surface area (Å²) in [6.07, 6.45) is 0.960. The van der Waals surface area contributed by atoms with E-state index in [1.165, 1.54) is 5.56 Å². The molecule has 0 saturated heterocycles. The highest BCUT2D eigenvalue weighted by Gasteiger charge is 2.15. The molecule has 4 heteroatoms. The highest BCUT2D eigenvalue weighted by molar-refractivity contribution is 5.38. The third kappa shape index (κ3) is 5.65. The predicted octanol–water partition coefficient (Wildman–Crippen LogP) is 2.90. The van der Waals surface area contributed by atoms with Crippen molar-refractivity contribution in [3.63, 3.8) is 0 Å². The average Bonchev–Trinajstić information content (AvgIpc) is 2.46. The van der Waals surface area contributed by atoms with Gasteiger partial charge >= 0.3 is 0 Å². The summed E-state index contributed by atoms with van der Waals surface area (Å²) in [6, 6.07) is 6.41. The van der Waals surface area contributed by atoms with E-state index in [1.807, 2.05) is 6.07 Å². The molecule has 2 N–H and O–H groups in total. The van der Waals surface area contributed by atoms with Crippen molar-refractivity contribution in [1.29, 1.82) is 0 Å². The van der Waals surface area contributed by atoms with Crippen molar-refractivity contribution in [1.82, 2.24) is 5.32 Å². The van der Waals surface area contributed by atoms with Gasteiger partial charge in [0.05, 0.1) is 20.3 Å². The van der Waals surface area contributed by atoms with E-state index in [-0.39, 0.29) is 18.7 Å². The summed E-state index contributed by atoms with van der Waals surface area (Å²) < 4.78 is 10.6. The molecule has 4 nitrogen and oxygen atoms in total. The van der Waals surface area contributed by atoms with Gasteiger partial charge in [0.25, 0.3) is 0 Å². The summed E-state index contributed by atoms with van der Waals surface area (Å²) in [6.45, 7) is 7.13. The molecule has 120 valence electrons. The quantitative estimate of drug-likeness (QED) is 0.735. The zero-order chi connectivity index (χ0) is 15.8. The molecule has 21 heavy (non-hydrogen) atoms. The Balaban J connectivity index is 2.81. The maximum Gasteiger partial charge on any atom is 0.124 e. The van der Waals surface area contributed by atoms with E-state index in [0.717, 1.165) is 17.7 Å². The van der Waals surface area contributed by atoms with Gasteiger partial charge in [0.1, 0.15) is 5.75 Å². The maximum atomic E-state index is 9.49. The molecule has 0 spiro atoms. The van der Waals surface area contributed by atoms with Gasteiger partial charge in [-0.1, -0.05) is 19.9 Å². The minimum atomic E-state index is 0.118. The summed E-state index contributed by atoms with van der Waals surface area (Å²) >= 11 is 0. The molecule has 0 saturated carbocycles. The first-order valence-corrected chi connectivity index (χ1v) is 7.54. The Kier molecular flexibility index (Phi) is 7.72. The van der Waals surface area contributed by atoms with Crippen molar-refractivity contribution >= 4 is 0 Å². The van der Waals surface area contributed by atoms with Crippen LogP contribution in [0.5, 0.6) is 5.75 Å². The number of hydrogen-bond donors (Lipinski definition) is 2. The Labute approximate surface area is 128 Å². The van der Waals surface area contributed by atoms with Gasteiger partial charge in [-0.2, -0.15) is 0 Å². The second-order valence-electron chi connectivity index (χ2n) is 5.90. The molecule has 0 aliphatic rings. The number of aliphatic hydroxyl groups excluding tert-OH is 1. The fraction of sp³-hybridized carbons (Fsp3) is 0.647. The molecule has 1 rings (SSSR count). The molecule has 2 atom stereocenters. The van der Waals surface area contributed by atoms with E-state index in [4.69, 9.17) is 9.47 Å². The van der Waals surface area contributed by atoms with Crippen LogP contribution < -0.4 is 10.1 Å². The van der Waals surface area contributed by atoms with Crippen molar-refractivity contribution < 1.29 is 14.6 Å². The van der Waals surface area contributed by atoms with Crippen LogP contribution in [0.4, 0.5) is 0 Å². The first kappa shape index (κ1) is 18.0. The molecule has 0 fully saturated rings. The first-order valence-electron chi connectivity index (χ1n) is 7.54. The van der Waals surface area contributed by atoms with Gasteiger partial charge in [0, 0.05) is 24.8 Å². The number of ether oxygens (including phenoxy) is 2. The number of methoxy groups -OCH3 is 2. The lowest BCUT2D eigenvalue weighted by atomic mass is 10.0. The smallest absolute Gasteiger partial charge is 0.124 e. The van der Waals surface area contributed by atoms with Crippen molar-refractivity contribution in [2.75, 3.05) is 20.8 Å². The zero-order valence-corrected chi connectivity index (χ0v) is 13.8. The van der Waals surface area contributed by atoms with E-state index in [9.17, 15) is 5.11 Å². The lowest BCUT2D eigenvalue weighted by Crippen LogP contribution is -2.35. The number of nitrogens with one attached hydrogen (secondary N) is 1. The van der Waals surface area contributed by atoms with Gasteiger partial charge in [0.15, 0.2) is 0 Å². The van der Waals surface area contributed by atoms with Crippen LogP contribution in [0.15, 0.2) is 18.2 Å². The van der Waals surface area contributed by atoms with Crippen LogP contribution in [0.3, 0.4) is 0 Å². The van der Waals surface area contributed by atoms with Crippen molar-refractivity contribution in [3.05, 3.63) is 29.3 Å². The monoisotopic (exact) mass is 295 g/mol. The number of hydrogen-bond acceptors (Lipinski definition) is 4. The largest absolute Gasteiger partial charge is 0.496 e. The Bertz CT molecular complexity index is 420. The molecule has 0 aromatic heterocycles. The van der Waals surface area contributed by atoms with E-state index in [0.29, 0.717) is 12.5 Å². The van der Waals surface area contributed by atoms with Gasteiger partial charge in [0.2, 0.25) is 0 Å². The molecular weight excluding hydrogens is 266 g/mol. The lowest BCUT2D eigenvalue weighted by molar-refractivity contribution is 0.181. The molecule has 1 aromatic carbocycles. The summed E-state index contributed by atoms with van der Waals surface area (Å²) in [4.78, 5) is 0. The highest BCUT2D eigenvalue weighted by Crippen LogP contribution is 2.24. The molecule has 0 heterocycles. The molecule has 1 aromatic rings. The second kappa shape index (κ2) is 9.03. The topological polar surface area (TPSA) is 50.7 Å². The average molecular weight is 295 g/mol. The minimum Gasteiger partial charge on any atom is -0.496 e. The number of benzene rings is 1. The van der Waals surface area contributed by atoms with Crippen LogP contribution in [0, 0.1) is 5.92 Å². The van der Waals surface area contributed by atoms with Gasteiger partial charge < -0.3 is 19.9 Å². The molecule has 0 aliphatic carbocycles. The summed E-state index contributed by atoms with van der Waals surface area (Å²) in [5, 5.41) is 13.0. The SMILES string of the molecule is COCc1cc(C(C)NC(CO)CC(C)C)ccc1OC. The van der Waals surface area contributed by atoms with Gasteiger partial charge in [-0.3, -0.25) is 0 Å². The predicted molar refractivity (Wildman–Crippen MR) is 85.6 cm³/mol. The standard InChI is InChI=1S/C17H29NO3/c1-12(2)8-16(10-19)18-13(3)14-6-7-17(21-5)15(9-14)11-20-4/h6-7,9,12-13,16,18-19H,8,10-11H2,1-5H3. The molecular formula is C17H29NO3. The van der Waals surface area contributed by atoms with E-state index >= 15 is 0 Å². The third-order valence-electron chi connectivity index (χ3n) is 3.57. The first-order chi connectivity index (χ1) is 10.0. The fourth-order valence-electron chi connectivity index (χ4n) is 2.55. The molecule has 0 bridgehead atoms. The van der Waals surface area contributed by atoms with Crippen LogP contribution in [0.1, 0.15) is 44.4 Å². The second-order valence-corrected chi connectivity index (χ2v) is 5.90. The van der Waals surface area contributed by atoms with Gasteiger partial charge in [-0.05, 0) is 37.0 Å². The van der Waals surface area contributed by atoms with Crippen LogP contribution in [0.25, 0.3) is 0 Å². The van der Waals surface area contributed by atoms with Crippen molar-refractivity contribution in [3.8, 4) is 5.75 Å². The molecule has 2 unspecified atom stereocenters. The lowest BCUT2D eigenvalue weighted by Gasteiger charge is -2.24. The Morgan fingerprint density at radius 2 is 1.90 bits per heavy atom. The molecule has 0 amide bonds. The molecule has 0 radical (unpaired) electrons. The zero-order valence-electron chi connectivity index (χ0n) is 13.8. The summed E-state index contributed by atoms with van der Waals surface area (Å²) in [5.74, 6) is 1.40. The third-order valence-corrected chi connectivity index (χ3v) is 3.57. The van der Waals surface area contributed by atoms with Crippen LogP contribution in [-0.4, -0.2) is 32.0 Å². The van der Waals surface area contributed by atoms with E-state index < -0.39 is 0 Å². The van der Waals surface area contributed by atoms with E-state index in [1.54, 1.807) is 14.2 Å². The Morgan fingerprint density at radius 1 is 1.19 bits per heavy atom. The van der Waals surface area contributed by atoms with Crippen LogP contribution in [0.2, 0.25) is 0 Å². The summed E-state index contributed by atoms with van der Waals surface area (Å²) in [7, 11) is 3.35. The van der Waals surface area contributed by atoms with Gasteiger partial charge in [-0.25, -0.2) is 0 Å².